The van der Waals surface area contributed by atoms with E-state index in [-0.39, 0.29) is 18.9 Å². The minimum absolute atomic E-state index is 0.0203. The van der Waals surface area contributed by atoms with Crippen molar-refractivity contribution in [3.8, 4) is 0 Å². The van der Waals surface area contributed by atoms with Gasteiger partial charge >= 0.3 is 5.97 Å². The van der Waals surface area contributed by atoms with E-state index in [4.69, 9.17) is 5.11 Å². The number of carboxylic acids is 1. The largest absolute Gasteiger partial charge is 0.481 e. The third-order valence-corrected chi connectivity index (χ3v) is 4.86. The van der Waals surface area contributed by atoms with Crippen molar-refractivity contribution < 1.29 is 14.7 Å². The van der Waals surface area contributed by atoms with E-state index in [2.05, 4.69) is 13.0 Å². The number of aryl methyl sites for hydroxylation is 1. The lowest BCUT2D eigenvalue weighted by atomic mass is 10.1. The molecule has 0 unspecified atom stereocenters. The summed E-state index contributed by atoms with van der Waals surface area (Å²) in [5, 5.41) is 9.97. The number of benzene rings is 1. The number of nitrogens with zero attached hydrogens (tertiary/aromatic N) is 1. The van der Waals surface area contributed by atoms with Crippen LogP contribution in [0.2, 0.25) is 0 Å². The van der Waals surface area contributed by atoms with Gasteiger partial charge in [-0.25, -0.2) is 0 Å². The summed E-state index contributed by atoms with van der Waals surface area (Å²) in [4.78, 5) is 25.9. The van der Waals surface area contributed by atoms with Gasteiger partial charge in [-0.15, -0.1) is 11.3 Å². The Morgan fingerprint density at radius 2 is 1.95 bits per heavy atom. The highest BCUT2D eigenvalue weighted by molar-refractivity contribution is 7.21. The first-order valence-electron chi connectivity index (χ1n) is 7.59. The molecule has 1 aromatic carbocycles. The molecule has 4 nitrogen and oxygen atoms in total. The second-order valence-electron chi connectivity index (χ2n) is 5.18. The number of carbonyl (C=O) groups excluding carboxylic acids is 1. The number of aliphatic carboxylic acids is 1. The molecule has 0 spiro atoms. The Labute approximate surface area is 134 Å². The molecule has 0 saturated heterocycles. The number of amides is 1. The minimum Gasteiger partial charge on any atom is -0.481 e. The van der Waals surface area contributed by atoms with Gasteiger partial charge in [0.05, 0.1) is 11.3 Å². The molecule has 22 heavy (non-hydrogen) atoms. The van der Waals surface area contributed by atoms with Gasteiger partial charge in [-0.3, -0.25) is 9.59 Å². The van der Waals surface area contributed by atoms with Gasteiger partial charge in [-0.2, -0.15) is 0 Å². The van der Waals surface area contributed by atoms with E-state index in [0.29, 0.717) is 6.54 Å². The van der Waals surface area contributed by atoms with Gasteiger partial charge in [-0.1, -0.05) is 31.5 Å². The highest BCUT2D eigenvalue weighted by Crippen LogP contribution is 2.33. The van der Waals surface area contributed by atoms with Crippen molar-refractivity contribution in [2.24, 2.45) is 0 Å². The van der Waals surface area contributed by atoms with Gasteiger partial charge in [0.2, 0.25) is 0 Å². The number of hydrogen-bond acceptors (Lipinski definition) is 3. The normalized spacial score (nSPS) is 10.8. The molecule has 0 aliphatic carbocycles. The van der Waals surface area contributed by atoms with Crippen LogP contribution in [0.5, 0.6) is 0 Å². The van der Waals surface area contributed by atoms with Crippen molar-refractivity contribution in [1.29, 1.82) is 0 Å². The molecule has 0 saturated carbocycles. The van der Waals surface area contributed by atoms with Crippen LogP contribution in [-0.4, -0.2) is 35.0 Å². The summed E-state index contributed by atoms with van der Waals surface area (Å²) in [6.07, 6.45) is 1.82. The Balaban J connectivity index is 2.36. The molecule has 2 aromatic rings. The molecule has 118 valence electrons. The van der Waals surface area contributed by atoms with Crippen LogP contribution in [-0.2, 0) is 11.2 Å². The Kier molecular flexibility index (Phi) is 5.55. The molecule has 1 heterocycles. The molecule has 0 fully saturated rings. The lowest BCUT2D eigenvalue weighted by Crippen LogP contribution is -2.32. The Bertz CT molecular complexity index is 678. The van der Waals surface area contributed by atoms with E-state index in [1.807, 2.05) is 25.1 Å². The standard InChI is InChI=1S/C17H21NO3S/c1-3-7-13-12-8-5-6-9-14(12)22-16(13)17(21)18(4-2)11-10-15(19)20/h5-6,8-9H,3-4,7,10-11H2,1-2H3,(H,19,20). The van der Waals surface area contributed by atoms with Crippen LogP contribution >= 0.6 is 11.3 Å². The Morgan fingerprint density at radius 1 is 1.23 bits per heavy atom. The quantitative estimate of drug-likeness (QED) is 0.844. The number of fused-ring (bicyclic) bond motifs is 1. The van der Waals surface area contributed by atoms with Gasteiger partial charge in [0, 0.05) is 17.8 Å². The fraction of sp³-hybridized carbons (Fsp3) is 0.412. The smallest absolute Gasteiger partial charge is 0.305 e. The van der Waals surface area contributed by atoms with Crippen molar-refractivity contribution >= 4 is 33.3 Å². The highest BCUT2D eigenvalue weighted by Gasteiger charge is 2.22. The zero-order chi connectivity index (χ0) is 16.1. The van der Waals surface area contributed by atoms with Gasteiger partial charge in [0.1, 0.15) is 0 Å². The molecule has 0 aliphatic rings. The van der Waals surface area contributed by atoms with E-state index in [0.717, 1.165) is 33.4 Å². The predicted octanol–water partition coefficient (Wildman–Crippen LogP) is 3.79. The Morgan fingerprint density at radius 3 is 2.59 bits per heavy atom. The molecule has 0 aliphatic heterocycles. The highest BCUT2D eigenvalue weighted by atomic mass is 32.1. The van der Waals surface area contributed by atoms with Gasteiger partial charge in [-0.05, 0) is 30.4 Å². The van der Waals surface area contributed by atoms with Crippen LogP contribution in [0.1, 0.15) is 41.9 Å². The lowest BCUT2D eigenvalue weighted by Gasteiger charge is -2.20. The summed E-state index contributed by atoms with van der Waals surface area (Å²) in [6, 6.07) is 8.06. The summed E-state index contributed by atoms with van der Waals surface area (Å²) in [6.45, 7) is 4.76. The van der Waals surface area contributed by atoms with Gasteiger partial charge in [0.25, 0.3) is 5.91 Å². The van der Waals surface area contributed by atoms with Gasteiger partial charge in [0.15, 0.2) is 0 Å². The molecule has 0 radical (unpaired) electrons. The summed E-state index contributed by atoms with van der Waals surface area (Å²) in [5.74, 6) is -0.926. The lowest BCUT2D eigenvalue weighted by molar-refractivity contribution is -0.137. The topological polar surface area (TPSA) is 57.6 Å². The first-order valence-corrected chi connectivity index (χ1v) is 8.41. The third kappa shape index (κ3) is 3.47. The average molecular weight is 319 g/mol. The number of carboxylic acid groups (broad SMARTS) is 1. The van der Waals surface area contributed by atoms with E-state index in [9.17, 15) is 9.59 Å². The van der Waals surface area contributed by atoms with Crippen LogP contribution in [0.4, 0.5) is 0 Å². The van der Waals surface area contributed by atoms with Crippen LogP contribution in [0.3, 0.4) is 0 Å². The average Bonchev–Trinajstić information content (AvgIpc) is 2.87. The second kappa shape index (κ2) is 7.40. The Hall–Kier alpha value is -1.88. The van der Waals surface area contributed by atoms with Crippen molar-refractivity contribution in [1.82, 2.24) is 4.90 Å². The minimum atomic E-state index is -0.878. The number of hydrogen-bond donors (Lipinski definition) is 1. The predicted molar refractivity (Wildman–Crippen MR) is 89.7 cm³/mol. The molecule has 2 rings (SSSR count). The third-order valence-electron chi connectivity index (χ3n) is 3.66. The summed E-state index contributed by atoms with van der Waals surface area (Å²) in [7, 11) is 0. The maximum absolute atomic E-state index is 12.8. The molecule has 1 aromatic heterocycles. The van der Waals surface area contributed by atoms with Crippen molar-refractivity contribution in [3.63, 3.8) is 0 Å². The van der Waals surface area contributed by atoms with Crippen LogP contribution in [0.25, 0.3) is 10.1 Å². The summed E-state index contributed by atoms with van der Waals surface area (Å²) in [5.41, 5.74) is 1.10. The SMILES string of the molecule is CCCc1c(C(=O)N(CC)CCC(=O)O)sc2ccccc12. The molecule has 0 bridgehead atoms. The maximum atomic E-state index is 12.8. The molecular formula is C17H21NO3S. The van der Waals surface area contributed by atoms with Crippen molar-refractivity contribution in [3.05, 3.63) is 34.7 Å². The first kappa shape index (κ1) is 16.5. The number of carbonyl (C=O) groups is 2. The number of rotatable bonds is 7. The van der Waals surface area contributed by atoms with Crippen LogP contribution in [0.15, 0.2) is 24.3 Å². The zero-order valence-electron chi connectivity index (χ0n) is 13.0. The van der Waals surface area contributed by atoms with E-state index < -0.39 is 5.97 Å². The molecule has 1 amide bonds. The van der Waals surface area contributed by atoms with E-state index >= 15 is 0 Å². The van der Waals surface area contributed by atoms with Crippen LogP contribution in [0, 0.1) is 0 Å². The zero-order valence-corrected chi connectivity index (χ0v) is 13.8. The number of thiophene rings is 1. The van der Waals surface area contributed by atoms with Gasteiger partial charge < -0.3 is 10.0 Å². The fourth-order valence-electron chi connectivity index (χ4n) is 2.55. The second-order valence-corrected chi connectivity index (χ2v) is 6.24. The van der Waals surface area contributed by atoms with E-state index in [1.165, 1.54) is 11.3 Å². The molecule has 1 N–H and O–H groups in total. The van der Waals surface area contributed by atoms with Crippen LogP contribution < -0.4 is 0 Å². The summed E-state index contributed by atoms with van der Waals surface area (Å²) < 4.78 is 1.11. The molecule has 5 heteroatoms. The maximum Gasteiger partial charge on any atom is 0.305 e. The fourth-order valence-corrected chi connectivity index (χ4v) is 3.77. The monoisotopic (exact) mass is 319 g/mol. The van der Waals surface area contributed by atoms with Crippen molar-refractivity contribution in [2.45, 2.75) is 33.1 Å². The molecular weight excluding hydrogens is 298 g/mol. The first-order chi connectivity index (χ1) is 10.6. The molecule has 0 atom stereocenters. The summed E-state index contributed by atoms with van der Waals surface area (Å²) >= 11 is 1.51. The van der Waals surface area contributed by atoms with E-state index in [1.54, 1.807) is 4.90 Å². The van der Waals surface area contributed by atoms with Crippen molar-refractivity contribution in [2.75, 3.05) is 13.1 Å².